The first-order chi connectivity index (χ1) is 7.84. The van der Waals surface area contributed by atoms with E-state index in [0.717, 1.165) is 17.8 Å². The van der Waals surface area contributed by atoms with Crippen LogP contribution in [0.3, 0.4) is 0 Å². The van der Waals surface area contributed by atoms with Gasteiger partial charge in [0.15, 0.2) is 0 Å². The van der Waals surface area contributed by atoms with Crippen LogP contribution in [0.2, 0.25) is 0 Å². The summed E-state index contributed by atoms with van der Waals surface area (Å²) >= 11 is 0. The molecule has 0 fully saturated rings. The molecule has 0 radical (unpaired) electrons. The molecule has 1 aromatic heterocycles. The summed E-state index contributed by atoms with van der Waals surface area (Å²) in [6, 6.07) is 1.86. The third-order valence-corrected chi connectivity index (χ3v) is 3.79. The van der Waals surface area contributed by atoms with Crippen LogP contribution in [0.5, 0.6) is 0 Å². The third kappa shape index (κ3) is 3.19. The maximum atomic E-state index is 11.1. The number of hydrogen-bond donors (Lipinski definition) is 1. The van der Waals surface area contributed by atoms with E-state index in [2.05, 4.69) is 0 Å². The van der Waals surface area contributed by atoms with Crippen LogP contribution in [0.25, 0.3) is 0 Å². The molecule has 1 N–H and O–H groups in total. The van der Waals surface area contributed by atoms with Crippen molar-refractivity contribution >= 4 is 16.8 Å². The van der Waals surface area contributed by atoms with Gasteiger partial charge in [-0.2, -0.15) is 0 Å². The Kier molecular flexibility index (Phi) is 4.51. The van der Waals surface area contributed by atoms with E-state index in [4.69, 9.17) is 5.11 Å². The minimum atomic E-state index is -0.893. The van der Waals surface area contributed by atoms with Crippen molar-refractivity contribution in [2.45, 2.75) is 33.2 Å². The molecule has 0 aliphatic rings. The van der Waals surface area contributed by atoms with Crippen LogP contribution in [0, 0.1) is 13.8 Å². The molecule has 0 aromatic carbocycles. The summed E-state index contributed by atoms with van der Waals surface area (Å²) in [7, 11) is -0.805. The minimum absolute atomic E-state index is 0.173. The Morgan fingerprint density at radius 2 is 2.12 bits per heavy atom. The first-order valence-electron chi connectivity index (χ1n) is 5.56. The van der Waals surface area contributed by atoms with Gasteiger partial charge in [0, 0.05) is 40.2 Å². The normalized spacial score (nSPS) is 14.6. The second-order valence-corrected chi connectivity index (χ2v) is 5.93. The fourth-order valence-electron chi connectivity index (χ4n) is 2.14. The molecular weight excluding hydrogens is 238 g/mol. The van der Waals surface area contributed by atoms with Crippen LogP contribution in [0.4, 0.5) is 0 Å². The smallest absolute Gasteiger partial charge is 0.337 e. The summed E-state index contributed by atoms with van der Waals surface area (Å²) in [5, 5.41) is 9.04. The van der Waals surface area contributed by atoms with Crippen LogP contribution in [0.1, 0.15) is 41.1 Å². The van der Waals surface area contributed by atoms with E-state index in [1.54, 1.807) is 12.3 Å². The maximum Gasteiger partial charge on any atom is 0.337 e. The molecule has 5 heteroatoms. The topological polar surface area (TPSA) is 59.3 Å². The second-order valence-electron chi connectivity index (χ2n) is 4.37. The first-order valence-corrected chi connectivity index (χ1v) is 7.29. The minimum Gasteiger partial charge on any atom is -0.478 e. The Balaban J connectivity index is 2.97. The molecule has 17 heavy (non-hydrogen) atoms. The zero-order chi connectivity index (χ0) is 13.2. The van der Waals surface area contributed by atoms with Gasteiger partial charge in [-0.25, -0.2) is 4.79 Å². The lowest BCUT2D eigenvalue weighted by molar-refractivity contribution is 0.0696. The van der Waals surface area contributed by atoms with Gasteiger partial charge in [-0.1, -0.05) is 0 Å². The highest BCUT2D eigenvalue weighted by molar-refractivity contribution is 7.84. The van der Waals surface area contributed by atoms with Gasteiger partial charge in [-0.3, -0.25) is 4.21 Å². The number of carbonyl (C=O) groups is 1. The summed E-state index contributed by atoms with van der Waals surface area (Å²) in [6.07, 6.45) is 2.48. The Morgan fingerprint density at radius 1 is 1.53 bits per heavy atom. The molecule has 1 heterocycles. The van der Waals surface area contributed by atoms with Gasteiger partial charge in [-0.05, 0) is 33.3 Å². The van der Waals surface area contributed by atoms with Crippen LogP contribution in [-0.4, -0.2) is 31.9 Å². The average Bonchev–Trinajstić information content (AvgIpc) is 2.51. The number of carboxylic acid groups (broad SMARTS) is 1. The predicted molar refractivity (Wildman–Crippen MR) is 69.1 cm³/mol. The average molecular weight is 257 g/mol. The molecule has 0 amide bonds. The Hall–Kier alpha value is -1.10. The number of aromatic carboxylic acids is 1. The number of aryl methyl sites for hydroxylation is 1. The molecule has 2 unspecified atom stereocenters. The number of nitrogens with zero attached hydrogens (tertiary/aromatic N) is 1. The van der Waals surface area contributed by atoms with Gasteiger partial charge in [0.2, 0.25) is 0 Å². The number of carboxylic acids is 1. The summed E-state index contributed by atoms with van der Waals surface area (Å²) in [5.74, 6) is -0.253. The van der Waals surface area contributed by atoms with Crippen molar-refractivity contribution in [3.05, 3.63) is 23.0 Å². The van der Waals surface area contributed by atoms with E-state index in [9.17, 15) is 9.00 Å². The number of hydrogen-bond acceptors (Lipinski definition) is 2. The molecule has 0 bridgehead atoms. The lowest BCUT2D eigenvalue weighted by Crippen LogP contribution is -2.12. The fraction of sp³-hybridized carbons (Fsp3) is 0.583. The van der Waals surface area contributed by atoms with Gasteiger partial charge in [0.25, 0.3) is 0 Å². The van der Waals surface area contributed by atoms with E-state index in [1.165, 1.54) is 0 Å². The number of rotatable bonds is 5. The highest BCUT2D eigenvalue weighted by Crippen LogP contribution is 2.22. The van der Waals surface area contributed by atoms with E-state index in [1.807, 2.05) is 25.3 Å². The summed E-state index contributed by atoms with van der Waals surface area (Å²) in [6.45, 7) is 5.74. The van der Waals surface area contributed by atoms with Crippen molar-refractivity contribution in [3.8, 4) is 0 Å². The van der Waals surface area contributed by atoms with Gasteiger partial charge in [0.1, 0.15) is 0 Å². The highest BCUT2D eigenvalue weighted by atomic mass is 32.2. The van der Waals surface area contributed by atoms with Crippen molar-refractivity contribution in [1.82, 2.24) is 4.57 Å². The van der Waals surface area contributed by atoms with Crippen molar-refractivity contribution in [3.63, 3.8) is 0 Å². The Morgan fingerprint density at radius 3 is 2.53 bits per heavy atom. The highest BCUT2D eigenvalue weighted by Gasteiger charge is 2.17. The summed E-state index contributed by atoms with van der Waals surface area (Å²) < 4.78 is 13.1. The van der Waals surface area contributed by atoms with Gasteiger partial charge in [0.05, 0.1) is 5.56 Å². The molecule has 1 rings (SSSR count). The molecule has 0 saturated heterocycles. The lowest BCUT2D eigenvalue weighted by Gasteiger charge is -2.18. The van der Waals surface area contributed by atoms with E-state index in [-0.39, 0.29) is 6.04 Å². The van der Waals surface area contributed by atoms with Crippen molar-refractivity contribution in [1.29, 1.82) is 0 Å². The molecular formula is C12H19NO3S. The number of aromatic nitrogens is 1. The molecule has 1 aromatic rings. The van der Waals surface area contributed by atoms with Crippen molar-refractivity contribution < 1.29 is 14.1 Å². The van der Waals surface area contributed by atoms with Crippen LogP contribution in [0.15, 0.2) is 6.07 Å². The van der Waals surface area contributed by atoms with Crippen LogP contribution >= 0.6 is 0 Å². The summed E-state index contributed by atoms with van der Waals surface area (Å²) in [4.78, 5) is 11.0. The van der Waals surface area contributed by atoms with Gasteiger partial charge < -0.3 is 9.67 Å². The SMILES string of the molecule is Cc1cc(C(=O)O)c(C)n1C(C)CCS(C)=O. The fourth-order valence-corrected chi connectivity index (χ4v) is 2.81. The first kappa shape index (κ1) is 14.0. The van der Waals surface area contributed by atoms with Crippen LogP contribution in [-0.2, 0) is 10.8 Å². The maximum absolute atomic E-state index is 11.1. The van der Waals surface area contributed by atoms with E-state index in [0.29, 0.717) is 11.3 Å². The molecule has 4 nitrogen and oxygen atoms in total. The molecule has 0 spiro atoms. The quantitative estimate of drug-likeness (QED) is 0.879. The zero-order valence-electron chi connectivity index (χ0n) is 10.7. The molecule has 2 atom stereocenters. The van der Waals surface area contributed by atoms with Gasteiger partial charge in [-0.15, -0.1) is 0 Å². The second kappa shape index (κ2) is 5.49. The largest absolute Gasteiger partial charge is 0.478 e. The van der Waals surface area contributed by atoms with Crippen molar-refractivity contribution in [2.24, 2.45) is 0 Å². The van der Waals surface area contributed by atoms with Crippen molar-refractivity contribution in [2.75, 3.05) is 12.0 Å². The summed E-state index contributed by atoms with van der Waals surface area (Å²) in [5.41, 5.74) is 2.06. The standard InChI is InChI=1S/C12H19NO3S/c1-8(5-6-17(4)16)13-9(2)7-11(10(13)3)12(14)15/h7-8H,5-6H2,1-4H3,(H,14,15). The Bertz CT molecular complexity index is 451. The molecule has 0 saturated carbocycles. The third-order valence-electron chi connectivity index (χ3n) is 2.98. The zero-order valence-corrected chi connectivity index (χ0v) is 11.5. The van der Waals surface area contributed by atoms with Crippen LogP contribution < -0.4 is 0 Å². The van der Waals surface area contributed by atoms with Gasteiger partial charge >= 0.3 is 5.97 Å². The molecule has 96 valence electrons. The van der Waals surface area contributed by atoms with E-state index < -0.39 is 16.8 Å². The molecule has 0 aliphatic carbocycles. The van der Waals surface area contributed by atoms with E-state index >= 15 is 0 Å². The predicted octanol–water partition coefficient (Wildman–Crippen LogP) is 2.13. The monoisotopic (exact) mass is 257 g/mol. The lowest BCUT2D eigenvalue weighted by atomic mass is 10.2. The molecule has 0 aliphatic heterocycles. The Labute approximate surface area is 104 Å².